The van der Waals surface area contributed by atoms with E-state index in [1.165, 1.54) is 18.2 Å². The second-order valence-corrected chi connectivity index (χ2v) is 4.39. The Bertz CT molecular complexity index is 508. The molecular weight excluding hydrogens is 232 g/mol. The van der Waals surface area contributed by atoms with E-state index in [-0.39, 0.29) is 17.7 Å². The Hall–Kier alpha value is -1.74. The molecule has 2 N–H and O–H groups in total. The van der Waals surface area contributed by atoms with E-state index in [9.17, 15) is 8.78 Å². The molecule has 0 spiro atoms. The van der Waals surface area contributed by atoms with Crippen LogP contribution in [0.15, 0.2) is 48.5 Å². The summed E-state index contributed by atoms with van der Waals surface area (Å²) in [5.41, 5.74) is 7.56. The largest absolute Gasteiger partial charge is 0.327 e. The molecule has 0 aromatic heterocycles. The second-order valence-electron chi connectivity index (χ2n) is 4.39. The van der Waals surface area contributed by atoms with Crippen LogP contribution in [0, 0.1) is 11.6 Å². The lowest BCUT2D eigenvalue weighted by atomic mass is 9.99. The summed E-state index contributed by atoms with van der Waals surface area (Å²) >= 11 is 0. The molecule has 1 nitrogen and oxygen atoms in total. The van der Waals surface area contributed by atoms with Gasteiger partial charge in [-0.1, -0.05) is 30.3 Å². The van der Waals surface area contributed by atoms with Crippen molar-refractivity contribution < 1.29 is 8.78 Å². The van der Waals surface area contributed by atoms with Gasteiger partial charge in [-0.05, 0) is 42.2 Å². The summed E-state index contributed by atoms with van der Waals surface area (Å²) < 4.78 is 26.2. The van der Waals surface area contributed by atoms with Crippen molar-refractivity contribution in [2.75, 3.05) is 0 Å². The Kier molecular flexibility index (Phi) is 4.05. The molecule has 0 saturated carbocycles. The van der Waals surface area contributed by atoms with Crippen molar-refractivity contribution in [2.45, 2.75) is 18.9 Å². The Balaban J connectivity index is 1.99. The molecule has 0 bridgehead atoms. The highest BCUT2D eigenvalue weighted by molar-refractivity contribution is 5.21. The summed E-state index contributed by atoms with van der Waals surface area (Å²) in [6.45, 7) is 0. The lowest BCUT2D eigenvalue weighted by molar-refractivity contribution is 0.583. The van der Waals surface area contributed by atoms with Gasteiger partial charge >= 0.3 is 0 Å². The molecule has 0 amide bonds. The SMILES string of the molecule is NC(Cc1ccc(F)cc1)Cc1ccccc1F. The van der Waals surface area contributed by atoms with Crippen LogP contribution in [0.3, 0.4) is 0 Å². The minimum atomic E-state index is -0.263. The molecule has 0 fully saturated rings. The maximum absolute atomic E-state index is 13.4. The fourth-order valence-electron chi connectivity index (χ4n) is 1.94. The van der Waals surface area contributed by atoms with Crippen LogP contribution in [0.25, 0.3) is 0 Å². The second kappa shape index (κ2) is 5.74. The van der Waals surface area contributed by atoms with Gasteiger partial charge in [0.1, 0.15) is 11.6 Å². The van der Waals surface area contributed by atoms with Gasteiger partial charge < -0.3 is 5.73 Å². The zero-order valence-corrected chi connectivity index (χ0v) is 9.94. The molecule has 1 atom stereocenters. The van der Waals surface area contributed by atoms with Crippen LogP contribution in [0.5, 0.6) is 0 Å². The number of halogens is 2. The van der Waals surface area contributed by atoms with E-state index in [4.69, 9.17) is 5.73 Å². The summed E-state index contributed by atoms with van der Waals surface area (Å²) in [4.78, 5) is 0. The van der Waals surface area contributed by atoms with Crippen molar-refractivity contribution in [1.29, 1.82) is 0 Å². The third-order valence-electron chi connectivity index (χ3n) is 2.85. The average molecular weight is 247 g/mol. The third kappa shape index (κ3) is 3.37. The maximum Gasteiger partial charge on any atom is 0.126 e. The van der Waals surface area contributed by atoms with Crippen molar-refractivity contribution in [2.24, 2.45) is 5.73 Å². The standard InChI is InChI=1S/C15H15F2N/c16-13-7-5-11(6-8-13)9-14(18)10-12-3-1-2-4-15(12)17/h1-8,14H,9-10,18H2. The number of rotatable bonds is 4. The molecule has 2 rings (SSSR count). The van der Waals surface area contributed by atoms with Gasteiger partial charge in [0.05, 0.1) is 0 Å². The normalized spacial score (nSPS) is 12.4. The molecule has 0 aliphatic heterocycles. The highest BCUT2D eigenvalue weighted by Gasteiger charge is 2.08. The number of nitrogens with two attached hydrogens (primary N) is 1. The van der Waals surface area contributed by atoms with E-state index < -0.39 is 0 Å². The van der Waals surface area contributed by atoms with Gasteiger partial charge in [0.25, 0.3) is 0 Å². The summed E-state index contributed by atoms with van der Waals surface area (Å²) in [6, 6.07) is 12.7. The van der Waals surface area contributed by atoms with Gasteiger partial charge in [0.2, 0.25) is 0 Å². The molecule has 2 aromatic carbocycles. The smallest absolute Gasteiger partial charge is 0.126 e. The molecule has 0 radical (unpaired) electrons. The van der Waals surface area contributed by atoms with Crippen LogP contribution in [-0.4, -0.2) is 6.04 Å². The zero-order valence-electron chi connectivity index (χ0n) is 9.94. The lowest BCUT2D eigenvalue weighted by Crippen LogP contribution is -2.25. The molecule has 0 aliphatic rings. The van der Waals surface area contributed by atoms with Gasteiger partial charge in [0, 0.05) is 6.04 Å². The average Bonchev–Trinajstić information content (AvgIpc) is 2.35. The van der Waals surface area contributed by atoms with Crippen molar-refractivity contribution in [3.05, 3.63) is 71.3 Å². The molecule has 0 heterocycles. The first-order chi connectivity index (χ1) is 8.65. The highest BCUT2D eigenvalue weighted by atomic mass is 19.1. The molecule has 0 saturated heterocycles. The van der Waals surface area contributed by atoms with Crippen molar-refractivity contribution >= 4 is 0 Å². The predicted molar refractivity (Wildman–Crippen MR) is 68.2 cm³/mol. The van der Waals surface area contributed by atoms with Crippen molar-refractivity contribution in [1.82, 2.24) is 0 Å². The van der Waals surface area contributed by atoms with E-state index in [2.05, 4.69) is 0 Å². The fraction of sp³-hybridized carbons (Fsp3) is 0.200. The van der Waals surface area contributed by atoms with Crippen LogP contribution in [0.1, 0.15) is 11.1 Å². The minimum absolute atomic E-state index is 0.174. The molecule has 18 heavy (non-hydrogen) atoms. The van der Waals surface area contributed by atoms with Gasteiger partial charge in [-0.3, -0.25) is 0 Å². The van der Waals surface area contributed by atoms with Crippen molar-refractivity contribution in [3.8, 4) is 0 Å². The topological polar surface area (TPSA) is 26.0 Å². The van der Waals surface area contributed by atoms with E-state index >= 15 is 0 Å². The monoisotopic (exact) mass is 247 g/mol. The van der Waals surface area contributed by atoms with E-state index in [1.807, 2.05) is 0 Å². The molecule has 1 unspecified atom stereocenters. The maximum atomic E-state index is 13.4. The first-order valence-electron chi connectivity index (χ1n) is 5.88. The molecular formula is C15H15F2N. The minimum Gasteiger partial charge on any atom is -0.327 e. The summed E-state index contributed by atoms with van der Waals surface area (Å²) in [6.07, 6.45) is 1.08. The highest BCUT2D eigenvalue weighted by Crippen LogP contribution is 2.11. The van der Waals surface area contributed by atoms with Crippen LogP contribution >= 0.6 is 0 Å². The van der Waals surface area contributed by atoms with Crippen LogP contribution in [0.2, 0.25) is 0 Å². The molecule has 2 aromatic rings. The van der Waals surface area contributed by atoms with Crippen molar-refractivity contribution in [3.63, 3.8) is 0 Å². The van der Waals surface area contributed by atoms with Gasteiger partial charge in [-0.25, -0.2) is 8.78 Å². The molecule has 0 aliphatic carbocycles. The predicted octanol–water partition coefficient (Wildman–Crippen LogP) is 3.08. The Morgan fingerprint density at radius 2 is 1.56 bits per heavy atom. The van der Waals surface area contributed by atoms with E-state index in [0.29, 0.717) is 18.4 Å². The van der Waals surface area contributed by atoms with Gasteiger partial charge in [-0.15, -0.1) is 0 Å². The zero-order chi connectivity index (χ0) is 13.0. The van der Waals surface area contributed by atoms with E-state index in [0.717, 1.165) is 5.56 Å². The third-order valence-corrected chi connectivity index (χ3v) is 2.85. The van der Waals surface area contributed by atoms with Gasteiger partial charge in [0.15, 0.2) is 0 Å². The van der Waals surface area contributed by atoms with E-state index in [1.54, 1.807) is 30.3 Å². The lowest BCUT2D eigenvalue weighted by Gasteiger charge is -2.12. The quantitative estimate of drug-likeness (QED) is 0.882. The number of benzene rings is 2. The Labute approximate surface area is 105 Å². The van der Waals surface area contributed by atoms with Crippen LogP contribution in [0.4, 0.5) is 8.78 Å². The van der Waals surface area contributed by atoms with Crippen LogP contribution in [-0.2, 0) is 12.8 Å². The summed E-state index contributed by atoms with van der Waals surface area (Å²) in [7, 11) is 0. The Morgan fingerprint density at radius 3 is 2.22 bits per heavy atom. The first kappa shape index (κ1) is 12.7. The molecule has 94 valence electrons. The summed E-state index contributed by atoms with van der Waals surface area (Å²) in [5, 5.41) is 0. The fourth-order valence-corrected chi connectivity index (χ4v) is 1.94. The van der Waals surface area contributed by atoms with Crippen LogP contribution < -0.4 is 5.73 Å². The number of hydrogen-bond acceptors (Lipinski definition) is 1. The van der Waals surface area contributed by atoms with Gasteiger partial charge in [-0.2, -0.15) is 0 Å². The number of hydrogen-bond donors (Lipinski definition) is 1. The first-order valence-corrected chi connectivity index (χ1v) is 5.88. The molecule has 3 heteroatoms. The summed E-state index contributed by atoms with van der Waals surface area (Å²) in [5.74, 6) is -0.492. The Morgan fingerprint density at radius 1 is 0.889 bits per heavy atom.